The molecule has 4 heteroatoms. The van der Waals surface area contributed by atoms with Crippen molar-refractivity contribution in [2.45, 2.75) is 45.8 Å². The Kier molecular flexibility index (Phi) is 4.45. The van der Waals surface area contributed by atoms with Crippen LogP contribution < -0.4 is 5.32 Å². The number of piperazine rings is 1. The molecule has 1 aliphatic heterocycles. The summed E-state index contributed by atoms with van der Waals surface area (Å²) in [5.74, 6) is -1.01. The van der Waals surface area contributed by atoms with E-state index in [9.17, 15) is 8.78 Å². The number of nitrogens with zero attached hydrogens (tertiary/aromatic N) is 1. The van der Waals surface area contributed by atoms with E-state index in [0.717, 1.165) is 13.1 Å². The van der Waals surface area contributed by atoms with E-state index in [0.29, 0.717) is 24.1 Å². The Morgan fingerprint density at radius 1 is 1.35 bits per heavy atom. The van der Waals surface area contributed by atoms with Crippen LogP contribution >= 0.6 is 0 Å². The van der Waals surface area contributed by atoms with E-state index in [1.54, 1.807) is 12.1 Å². The Morgan fingerprint density at radius 2 is 2.05 bits per heavy atom. The van der Waals surface area contributed by atoms with Gasteiger partial charge in [-0.1, -0.05) is 26.0 Å². The maximum absolute atomic E-state index is 13.9. The fourth-order valence-corrected chi connectivity index (χ4v) is 2.91. The van der Waals surface area contributed by atoms with Crippen LogP contribution in [0.5, 0.6) is 0 Å². The van der Waals surface area contributed by atoms with E-state index in [-0.39, 0.29) is 5.54 Å². The molecule has 0 saturated carbocycles. The van der Waals surface area contributed by atoms with Crippen molar-refractivity contribution in [1.29, 1.82) is 0 Å². The molecule has 1 aliphatic rings. The molecular weight excluding hydrogens is 258 g/mol. The van der Waals surface area contributed by atoms with Crippen LogP contribution in [0.4, 0.5) is 8.78 Å². The predicted octanol–water partition coefficient (Wildman–Crippen LogP) is 3.17. The highest BCUT2D eigenvalue weighted by molar-refractivity contribution is 5.19. The molecule has 1 aromatic rings. The molecule has 0 aliphatic carbocycles. The van der Waals surface area contributed by atoms with Crippen molar-refractivity contribution in [2.24, 2.45) is 5.92 Å². The van der Waals surface area contributed by atoms with Crippen LogP contribution in [0.3, 0.4) is 0 Å². The van der Waals surface area contributed by atoms with Gasteiger partial charge in [-0.05, 0) is 25.8 Å². The summed E-state index contributed by atoms with van der Waals surface area (Å²) in [7, 11) is 0. The largest absolute Gasteiger partial charge is 0.309 e. The minimum atomic E-state index is -0.766. The molecule has 2 rings (SSSR count). The third-order valence-corrected chi connectivity index (χ3v) is 4.03. The van der Waals surface area contributed by atoms with E-state index >= 15 is 0 Å². The van der Waals surface area contributed by atoms with Crippen molar-refractivity contribution in [3.05, 3.63) is 35.4 Å². The molecule has 2 nitrogen and oxygen atoms in total. The van der Waals surface area contributed by atoms with Gasteiger partial charge in [-0.3, -0.25) is 4.90 Å². The Hall–Kier alpha value is -1.00. The molecule has 20 heavy (non-hydrogen) atoms. The second-order valence-electron chi connectivity index (χ2n) is 6.69. The lowest BCUT2D eigenvalue weighted by Gasteiger charge is -2.46. The van der Waals surface area contributed by atoms with Gasteiger partial charge in [0.05, 0.1) is 0 Å². The van der Waals surface area contributed by atoms with Crippen LogP contribution in [0.1, 0.15) is 33.3 Å². The van der Waals surface area contributed by atoms with E-state index < -0.39 is 11.6 Å². The maximum Gasteiger partial charge on any atom is 0.163 e. The van der Waals surface area contributed by atoms with Gasteiger partial charge in [-0.25, -0.2) is 8.78 Å². The fraction of sp³-hybridized carbons (Fsp3) is 0.625. The third kappa shape index (κ3) is 3.36. The summed E-state index contributed by atoms with van der Waals surface area (Å²) in [6, 6.07) is 4.75. The Labute approximate surface area is 120 Å². The number of rotatable bonds is 3. The van der Waals surface area contributed by atoms with Crippen LogP contribution in [-0.4, -0.2) is 29.6 Å². The average molecular weight is 282 g/mol. The van der Waals surface area contributed by atoms with Crippen molar-refractivity contribution in [1.82, 2.24) is 10.2 Å². The van der Waals surface area contributed by atoms with Crippen LogP contribution in [0.2, 0.25) is 0 Å². The molecule has 112 valence electrons. The lowest BCUT2D eigenvalue weighted by atomic mass is 9.92. The highest BCUT2D eigenvalue weighted by atomic mass is 19.2. The topological polar surface area (TPSA) is 15.3 Å². The van der Waals surface area contributed by atoms with Crippen molar-refractivity contribution in [2.75, 3.05) is 13.1 Å². The zero-order chi connectivity index (χ0) is 14.9. The van der Waals surface area contributed by atoms with Gasteiger partial charge in [0, 0.05) is 36.8 Å². The first-order valence-corrected chi connectivity index (χ1v) is 7.22. The Balaban J connectivity index is 2.21. The molecule has 0 radical (unpaired) electrons. The molecule has 0 bridgehead atoms. The summed E-state index contributed by atoms with van der Waals surface area (Å²) >= 11 is 0. The van der Waals surface area contributed by atoms with Crippen molar-refractivity contribution in [3.63, 3.8) is 0 Å². The van der Waals surface area contributed by atoms with Crippen molar-refractivity contribution < 1.29 is 8.78 Å². The molecular formula is C16H24F2N2. The quantitative estimate of drug-likeness (QED) is 0.916. The number of halogens is 2. The van der Waals surface area contributed by atoms with Gasteiger partial charge >= 0.3 is 0 Å². The normalized spacial score (nSPS) is 23.2. The van der Waals surface area contributed by atoms with Gasteiger partial charge in [-0.15, -0.1) is 0 Å². The van der Waals surface area contributed by atoms with Gasteiger partial charge in [0.25, 0.3) is 0 Å². The lowest BCUT2D eigenvalue weighted by Crippen LogP contribution is -2.62. The zero-order valence-corrected chi connectivity index (χ0v) is 12.7. The molecule has 1 atom stereocenters. The highest BCUT2D eigenvalue weighted by Crippen LogP contribution is 2.23. The minimum Gasteiger partial charge on any atom is -0.309 e. The Bertz CT molecular complexity index is 472. The first-order valence-electron chi connectivity index (χ1n) is 7.22. The number of nitrogens with one attached hydrogen (secondary N) is 1. The lowest BCUT2D eigenvalue weighted by molar-refractivity contribution is 0.0616. The first-order chi connectivity index (χ1) is 9.30. The minimum absolute atomic E-state index is 0.00477. The summed E-state index contributed by atoms with van der Waals surface area (Å²) in [6.07, 6.45) is 0. The summed E-state index contributed by atoms with van der Waals surface area (Å²) in [4.78, 5) is 2.26. The SMILES string of the molecule is CC(C)C1CNC(C)(C)CN1Cc1cccc(F)c1F. The first kappa shape index (κ1) is 15.4. The molecule has 0 aromatic heterocycles. The highest BCUT2D eigenvalue weighted by Gasteiger charge is 2.34. The number of benzene rings is 1. The third-order valence-electron chi connectivity index (χ3n) is 4.03. The molecule has 1 saturated heterocycles. The molecule has 1 heterocycles. The molecule has 1 N–H and O–H groups in total. The summed E-state index contributed by atoms with van der Waals surface area (Å²) in [5, 5.41) is 3.52. The second kappa shape index (κ2) is 5.78. The van der Waals surface area contributed by atoms with Crippen LogP contribution in [0.25, 0.3) is 0 Å². The number of hydrogen-bond acceptors (Lipinski definition) is 2. The fourth-order valence-electron chi connectivity index (χ4n) is 2.91. The average Bonchev–Trinajstić information content (AvgIpc) is 2.33. The van der Waals surface area contributed by atoms with E-state index in [1.807, 2.05) is 0 Å². The van der Waals surface area contributed by atoms with Gasteiger partial charge in [-0.2, -0.15) is 0 Å². The molecule has 1 aromatic carbocycles. The van der Waals surface area contributed by atoms with Crippen LogP contribution in [0.15, 0.2) is 18.2 Å². The van der Waals surface area contributed by atoms with Gasteiger partial charge < -0.3 is 5.32 Å². The second-order valence-corrected chi connectivity index (χ2v) is 6.69. The van der Waals surface area contributed by atoms with Gasteiger partial charge in [0.15, 0.2) is 11.6 Å². The summed E-state index contributed by atoms with van der Waals surface area (Å²) in [6.45, 7) is 10.8. The van der Waals surface area contributed by atoms with Gasteiger partial charge in [0.1, 0.15) is 0 Å². The smallest absolute Gasteiger partial charge is 0.163 e. The zero-order valence-electron chi connectivity index (χ0n) is 12.7. The molecule has 1 unspecified atom stereocenters. The van der Waals surface area contributed by atoms with E-state index in [1.165, 1.54) is 6.07 Å². The standard InChI is InChI=1S/C16H24F2N2/c1-11(2)14-8-19-16(3,4)10-20(14)9-12-6-5-7-13(17)15(12)18/h5-7,11,14,19H,8-10H2,1-4H3. The van der Waals surface area contributed by atoms with Crippen molar-refractivity contribution in [3.8, 4) is 0 Å². The van der Waals surface area contributed by atoms with Gasteiger partial charge in [0.2, 0.25) is 0 Å². The maximum atomic E-state index is 13.9. The molecule has 0 spiro atoms. The van der Waals surface area contributed by atoms with Crippen molar-refractivity contribution >= 4 is 0 Å². The Morgan fingerprint density at radius 3 is 2.70 bits per heavy atom. The van der Waals surface area contributed by atoms with E-state index in [2.05, 4.69) is 37.9 Å². The monoisotopic (exact) mass is 282 g/mol. The van der Waals surface area contributed by atoms with Crippen LogP contribution in [0, 0.1) is 17.6 Å². The summed E-state index contributed by atoms with van der Waals surface area (Å²) in [5.41, 5.74) is 0.434. The molecule has 1 fully saturated rings. The summed E-state index contributed by atoms with van der Waals surface area (Å²) < 4.78 is 27.2. The number of hydrogen-bond donors (Lipinski definition) is 1. The molecule has 0 amide bonds. The van der Waals surface area contributed by atoms with E-state index in [4.69, 9.17) is 0 Å². The predicted molar refractivity (Wildman–Crippen MR) is 77.5 cm³/mol. The van der Waals surface area contributed by atoms with Crippen LogP contribution in [-0.2, 0) is 6.54 Å².